The van der Waals surface area contributed by atoms with Gasteiger partial charge in [0.05, 0.1) is 11.2 Å². The summed E-state index contributed by atoms with van der Waals surface area (Å²) in [5.74, 6) is 0. The largest absolute Gasteiger partial charge is 0.247 e. The van der Waals surface area contributed by atoms with Crippen LogP contribution in [0.5, 0.6) is 0 Å². The number of aromatic nitrogens is 1. The molecule has 2 heteroatoms. The Morgan fingerprint density at radius 2 is 0.776 bits per heavy atom. The molecule has 0 saturated carbocycles. The van der Waals surface area contributed by atoms with Crippen LogP contribution in [-0.4, -0.2) is 4.98 Å². The lowest BCUT2D eigenvalue weighted by Crippen LogP contribution is -2.13. The van der Waals surface area contributed by atoms with Crippen LogP contribution in [0.1, 0.15) is 79.0 Å². The number of para-hydroxylation sites is 1. The minimum Gasteiger partial charge on any atom is -0.247 e. The number of benzene rings is 10. The summed E-state index contributed by atoms with van der Waals surface area (Å²) in [5, 5.41) is 11.3. The number of pyridine rings is 1. The van der Waals surface area contributed by atoms with E-state index >= 15 is 0 Å². The monoisotopic (exact) mass is 885 g/mol. The SMILES string of the molecule is CC(C)(C)c1ccc(S(c2ccc(-c3ccc4ccc5c6c(cc7ccc3c4c75)c(-c3ccccc3)nc3ccccc36)cc2)(c2ccc(C(C)(C)C)cc2)c2ccc(C(C)(C)C)cc2)cc1. The molecule has 11 aromatic rings. The van der Waals surface area contributed by atoms with Crippen LogP contribution in [0.15, 0.2) is 214 Å². The highest BCUT2D eigenvalue weighted by molar-refractivity contribution is 8.34. The van der Waals surface area contributed by atoms with Crippen molar-refractivity contribution in [1.82, 2.24) is 4.98 Å². The van der Waals surface area contributed by atoms with Crippen molar-refractivity contribution < 1.29 is 0 Å². The van der Waals surface area contributed by atoms with Crippen molar-refractivity contribution in [3.8, 4) is 22.4 Å². The lowest BCUT2D eigenvalue weighted by Gasteiger charge is -2.43. The maximum Gasteiger partial charge on any atom is 0.0788 e. The molecule has 0 aliphatic heterocycles. The minimum atomic E-state index is -1.95. The summed E-state index contributed by atoms with van der Waals surface area (Å²) in [6.45, 7) is 20.7. The molecule has 1 heterocycles. The molecular formula is C65H59NS. The quantitative estimate of drug-likeness (QED) is 0.120. The second kappa shape index (κ2) is 15.7. The maximum atomic E-state index is 5.29. The number of hydrogen-bond acceptors (Lipinski definition) is 1. The fourth-order valence-electron chi connectivity index (χ4n) is 10.5. The van der Waals surface area contributed by atoms with Crippen LogP contribution >= 0.6 is 10.0 Å². The van der Waals surface area contributed by atoms with Crippen LogP contribution in [0, 0.1) is 0 Å². The van der Waals surface area contributed by atoms with E-state index in [-0.39, 0.29) is 16.2 Å². The molecule has 67 heavy (non-hydrogen) atoms. The summed E-state index contributed by atoms with van der Waals surface area (Å²) in [6.07, 6.45) is 0. The highest BCUT2D eigenvalue weighted by Gasteiger charge is 2.35. The topological polar surface area (TPSA) is 12.9 Å². The van der Waals surface area contributed by atoms with Crippen molar-refractivity contribution in [2.24, 2.45) is 0 Å². The van der Waals surface area contributed by atoms with Crippen molar-refractivity contribution in [2.45, 2.75) is 98.1 Å². The fourth-order valence-corrected chi connectivity index (χ4v) is 14.3. The maximum absolute atomic E-state index is 5.29. The van der Waals surface area contributed by atoms with E-state index in [1.54, 1.807) is 0 Å². The number of fused-ring (bicyclic) bond motifs is 4. The van der Waals surface area contributed by atoms with Gasteiger partial charge in [-0.2, -0.15) is 0 Å². The van der Waals surface area contributed by atoms with Gasteiger partial charge in [-0.1, -0.05) is 196 Å². The van der Waals surface area contributed by atoms with Gasteiger partial charge in [-0.15, -0.1) is 10.0 Å². The first-order valence-corrected chi connectivity index (χ1v) is 25.5. The third-order valence-corrected chi connectivity index (χ3v) is 18.1. The third-order valence-electron chi connectivity index (χ3n) is 14.2. The number of rotatable bonds is 6. The van der Waals surface area contributed by atoms with E-state index in [0.29, 0.717) is 0 Å². The molecule has 0 aliphatic carbocycles. The number of nitrogens with zero attached hydrogens (tertiary/aromatic N) is 1. The van der Waals surface area contributed by atoms with Crippen molar-refractivity contribution in [3.05, 3.63) is 211 Å². The molecule has 0 atom stereocenters. The molecule has 0 N–H and O–H groups in total. The summed E-state index contributed by atoms with van der Waals surface area (Å²) in [6, 6.07) is 74.1. The van der Waals surface area contributed by atoms with Crippen molar-refractivity contribution in [2.75, 3.05) is 0 Å². The summed E-state index contributed by atoms with van der Waals surface area (Å²) in [5.41, 5.74) is 9.81. The second-order valence-corrected chi connectivity index (χ2v) is 24.7. The van der Waals surface area contributed by atoms with E-state index in [2.05, 4.69) is 256 Å². The lowest BCUT2D eigenvalue weighted by molar-refractivity contribution is 0.589. The first-order chi connectivity index (χ1) is 32.1. The van der Waals surface area contributed by atoms with Gasteiger partial charge in [-0.25, -0.2) is 4.98 Å². The van der Waals surface area contributed by atoms with Crippen molar-refractivity contribution in [3.63, 3.8) is 0 Å². The number of hydrogen-bond donors (Lipinski definition) is 0. The molecule has 0 saturated heterocycles. The Bertz CT molecular complexity index is 3480. The van der Waals surface area contributed by atoms with E-state index in [1.165, 1.54) is 95.9 Å². The van der Waals surface area contributed by atoms with Crippen LogP contribution in [0.3, 0.4) is 0 Å². The summed E-state index contributed by atoms with van der Waals surface area (Å²) in [7, 11) is -1.95. The standard InChI is InChI=1S/C65H59NS/c1-63(2,3)46-24-32-50(33-25-46)67(51-34-26-47(27-35-51)64(4,5)6,52-36-28-48(29-37-52)65(7,8)9)49-30-19-42(20-31-49)53-38-21-43-22-40-56-60-45(23-39-54(53)59(43)60)41-57-61(56)55-17-13-14-18-58(55)66-62(57)44-15-11-10-12-16-44/h10-41H,1-9H3. The molecule has 0 fully saturated rings. The van der Waals surface area contributed by atoms with E-state index in [4.69, 9.17) is 4.98 Å². The van der Waals surface area contributed by atoms with Crippen molar-refractivity contribution >= 4 is 64.0 Å². The zero-order valence-electron chi connectivity index (χ0n) is 40.3. The van der Waals surface area contributed by atoms with E-state index in [9.17, 15) is 0 Å². The summed E-state index contributed by atoms with van der Waals surface area (Å²) >= 11 is 0. The molecule has 1 nitrogen and oxygen atoms in total. The second-order valence-electron chi connectivity index (χ2n) is 21.6. The highest BCUT2D eigenvalue weighted by atomic mass is 32.3. The normalized spacial score (nSPS) is 13.1. The average Bonchev–Trinajstić information content (AvgIpc) is 3.33. The van der Waals surface area contributed by atoms with Gasteiger partial charge in [0.15, 0.2) is 0 Å². The smallest absolute Gasteiger partial charge is 0.0788 e. The predicted molar refractivity (Wildman–Crippen MR) is 290 cm³/mol. The minimum absolute atomic E-state index is 0.0464. The van der Waals surface area contributed by atoms with Crippen LogP contribution in [0.4, 0.5) is 0 Å². The third kappa shape index (κ3) is 7.11. The Hall–Kier alpha value is -6.74. The highest BCUT2D eigenvalue weighted by Crippen LogP contribution is 2.73. The van der Waals surface area contributed by atoms with Crippen LogP contribution < -0.4 is 0 Å². The molecule has 0 radical (unpaired) electrons. The first kappa shape index (κ1) is 42.9. The molecule has 10 aromatic carbocycles. The Morgan fingerprint density at radius 3 is 1.31 bits per heavy atom. The van der Waals surface area contributed by atoms with Gasteiger partial charge in [-0.3, -0.25) is 0 Å². The molecular weight excluding hydrogens is 827 g/mol. The van der Waals surface area contributed by atoms with Gasteiger partial charge in [0.25, 0.3) is 0 Å². The average molecular weight is 886 g/mol. The zero-order valence-corrected chi connectivity index (χ0v) is 41.1. The molecule has 1 aromatic heterocycles. The first-order valence-electron chi connectivity index (χ1n) is 23.8. The van der Waals surface area contributed by atoms with Crippen LogP contribution in [-0.2, 0) is 16.2 Å². The van der Waals surface area contributed by atoms with Gasteiger partial charge >= 0.3 is 0 Å². The Morgan fingerprint density at radius 1 is 0.328 bits per heavy atom. The van der Waals surface area contributed by atoms with Gasteiger partial charge in [0.2, 0.25) is 0 Å². The van der Waals surface area contributed by atoms with Gasteiger partial charge in [0, 0.05) is 41.3 Å². The van der Waals surface area contributed by atoms with Crippen molar-refractivity contribution in [1.29, 1.82) is 0 Å². The van der Waals surface area contributed by atoms with Crippen LogP contribution in [0.25, 0.3) is 76.4 Å². The van der Waals surface area contributed by atoms with E-state index in [0.717, 1.165) is 16.8 Å². The molecule has 11 rings (SSSR count). The van der Waals surface area contributed by atoms with Gasteiger partial charge < -0.3 is 0 Å². The summed E-state index contributed by atoms with van der Waals surface area (Å²) < 4.78 is 0. The van der Waals surface area contributed by atoms with E-state index in [1.807, 2.05) is 0 Å². The van der Waals surface area contributed by atoms with Crippen LogP contribution in [0.2, 0.25) is 0 Å². The Balaban J connectivity index is 1.13. The Kier molecular flexibility index (Phi) is 10.0. The molecule has 0 amide bonds. The molecule has 0 aliphatic rings. The predicted octanol–water partition coefficient (Wildman–Crippen LogP) is 18.9. The molecule has 330 valence electrons. The molecule has 0 spiro atoms. The van der Waals surface area contributed by atoms with E-state index < -0.39 is 10.0 Å². The fraction of sp³-hybridized carbons (Fsp3) is 0.185. The zero-order chi connectivity index (χ0) is 46.5. The summed E-state index contributed by atoms with van der Waals surface area (Å²) in [4.78, 5) is 10.6. The molecule has 0 bridgehead atoms. The van der Waals surface area contributed by atoms with Gasteiger partial charge in [-0.05, 0) is 137 Å². The Labute approximate surface area is 398 Å². The lowest BCUT2D eigenvalue weighted by atomic mass is 9.86. The molecule has 0 unspecified atom stereocenters. The van der Waals surface area contributed by atoms with Gasteiger partial charge in [0.1, 0.15) is 0 Å².